The second kappa shape index (κ2) is 10.1. The monoisotopic (exact) mass is 461 g/mol. The number of nitrogens with one attached hydrogen (secondary N) is 1. The predicted octanol–water partition coefficient (Wildman–Crippen LogP) is 3.97. The number of rotatable bonds is 6. The van der Waals surface area contributed by atoms with Gasteiger partial charge in [-0.15, -0.1) is 0 Å². The van der Waals surface area contributed by atoms with E-state index in [1.807, 2.05) is 19.1 Å². The highest BCUT2D eigenvalue weighted by molar-refractivity contribution is 6.31. The smallest absolute Gasteiger partial charge is 0.226 e. The lowest BCUT2D eigenvalue weighted by molar-refractivity contribution is -0.140. The minimum absolute atomic E-state index is 0.0223. The maximum atomic E-state index is 12.9. The molecule has 176 valence electrons. The van der Waals surface area contributed by atoms with Crippen molar-refractivity contribution in [3.05, 3.63) is 28.3 Å². The Kier molecular flexibility index (Phi) is 7.43. The summed E-state index contributed by atoms with van der Waals surface area (Å²) in [4.78, 5) is 29.8. The van der Waals surface area contributed by atoms with Crippen molar-refractivity contribution in [2.75, 3.05) is 25.0 Å². The molecule has 0 bridgehead atoms. The number of carbonyl (C=O) groups is 2. The molecule has 1 atom stereocenters. The Morgan fingerprint density at radius 3 is 2.56 bits per heavy atom. The third-order valence-corrected chi connectivity index (χ3v) is 7.75. The van der Waals surface area contributed by atoms with E-state index in [0.29, 0.717) is 30.2 Å². The number of piperazine rings is 1. The quantitative estimate of drug-likeness (QED) is 0.672. The maximum absolute atomic E-state index is 12.9. The van der Waals surface area contributed by atoms with Crippen LogP contribution in [0.15, 0.2) is 12.1 Å². The topological polar surface area (TPSA) is 72.9 Å². The second-order valence-electron chi connectivity index (χ2n) is 10.1. The zero-order chi connectivity index (χ0) is 22.8. The summed E-state index contributed by atoms with van der Waals surface area (Å²) in [5.41, 5.74) is 2.91. The van der Waals surface area contributed by atoms with Gasteiger partial charge in [0.2, 0.25) is 11.8 Å². The minimum Gasteiger partial charge on any atom is -0.393 e. The molecule has 2 N–H and O–H groups in total. The van der Waals surface area contributed by atoms with E-state index < -0.39 is 0 Å². The summed E-state index contributed by atoms with van der Waals surface area (Å²) in [6.45, 7) is 7.38. The SMILES string of the molecule is Cc1c(CN2CCN(C(=O)C3CCCC3)C(C)C2)cc(Cl)cc1NC(=O)CC1CC(O)C1. The van der Waals surface area contributed by atoms with Crippen molar-refractivity contribution in [2.24, 2.45) is 11.8 Å². The Morgan fingerprint density at radius 2 is 1.91 bits per heavy atom. The number of amides is 2. The van der Waals surface area contributed by atoms with Crippen molar-refractivity contribution < 1.29 is 14.7 Å². The van der Waals surface area contributed by atoms with E-state index in [4.69, 9.17) is 11.6 Å². The number of carbonyl (C=O) groups excluding carboxylic acids is 2. The van der Waals surface area contributed by atoms with Crippen LogP contribution in [0.2, 0.25) is 5.02 Å². The van der Waals surface area contributed by atoms with Gasteiger partial charge in [-0.3, -0.25) is 14.5 Å². The molecule has 1 unspecified atom stereocenters. The molecule has 0 radical (unpaired) electrons. The molecule has 2 aliphatic carbocycles. The molecule has 1 heterocycles. The van der Waals surface area contributed by atoms with Gasteiger partial charge in [0, 0.05) is 55.3 Å². The largest absolute Gasteiger partial charge is 0.393 e. The summed E-state index contributed by atoms with van der Waals surface area (Å²) in [7, 11) is 0. The van der Waals surface area contributed by atoms with Crippen LogP contribution in [0.5, 0.6) is 0 Å². The van der Waals surface area contributed by atoms with Gasteiger partial charge in [-0.1, -0.05) is 24.4 Å². The second-order valence-corrected chi connectivity index (χ2v) is 10.5. The molecule has 0 spiro atoms. The first kappa shape index (κ1) is 23.5. The normalized spacial score (nSPS) is 26.8. The lowest BCUT2D eigenvalue weighted by Gasteiger charge is -2.41. The number of hydrogen-bond donors (Lipinski definition) is 2. The molecule has 32 heavy (non-hydrogen) atoms. The average Bonchev–Trinajstić information content (AvgIpc) is 3.25. The fraction of sp³-hybridized carbons (Fsp3) is 0.680. The Bertz CT molecular complexity index is 849. The van der Waals surface area contributed by atoms with Gasteiger partial charge in [0.05, 0.1) is 6.10 Å². The fourth-order valence-corrected chi connectivity index (χ4v) is 5.75. The van der Waals surface area contributed by atoms with Gasteiger partial charge in [-0.25, -0.2) is 0 Å². The van der Waals surface area contributed by atoms with E-state index in [1.54, 1.807) is 0 Å². The Hall–Kier alpha value is -1.63. The van der Waals surface area contributed by atoms with Crippen LogP contribution < -0.4 is 5.32 Å². The number of aliphatic hydroxyl groups is 1. The van der Waals surface area contributed by atoms with E-state index in [0.717, 1.165) is 55.8 Å². The summed E-state index contributed by atoms with van der Waals surface area (Å²) in [6.07, 6.45) is 6.06. The van der Waals surface area contributed by atoms with Crippen LogP contribution in [0.25, 0.3) is 0 Å². The molecule has 0 aromatic heterocycles. The van der Waals surface area contributed by atoms with E-state index in [9.17, 15) is 14.7 Å². The highest BCUT2D eigenvalue weighted by atomic mass is 35.5. The average molecular weight is 462 g/mol. The van der Waals surface area contributed by atoms with Gasteiger partial charge in [0.15, 0.2) is 0 Å². The maximum Gasteiger partial charge on any atom is 0.226 e. The lowest BCUT2D eigenvalue weighted by Crippen LogP contribution is -2.54. The molecule has 1 aliphatic heterocycles. The summed E-state index contributed by atoms with van der Waals surface area (Å²) in [5.74, 6) is 0.825. The van der Waals surface area contributed by atoms with Crippen molar-refractivity contribution >= 4 is 29.1 Å². The number of nitrogens with zero attached hydrogens (tertiary/aromatic N) is 2. The van der Waals surface area contributed by atoms with Crippen molar-refractivity contribution in [1.29, 1.82) is 0 Å². The highest BCUT2D eigenvalue weighted by Gasteiger charge is 2.33. The van der Waals surface area contributed by atoms with Crippen LogP contribution in [-0.4, -0.2) is 58.5 Å². The number of halogens is 1. The highest BCUT2D eigenvalue weighted by Crippen LogP contribution is 2.32. The van der Waals surface area contributed by atoms with Crippen LogP contribution in [0.4, 0.5) is 5.69 Å². The first-order valence-electron chi connectivity index (χ1n) is 12.1. The molecule has 2 saturated carbocycles. The number of benzene rings is 1. The molecule has 2 amide bonds. The molecule has 1 aromatic carbocycles. The molecular weight excluding hydrogens is 426 g/mol. The first-order valence-corrected chi connectivity index (χ1v) is 12.5. The third-order valence-electron chi connectivity index (χ3n) is 7.53. The Balaban J connectivity index is 1.35. The molecule has 7 heteroatoms. The zero-order valence-electron chi connectivity index (χ0n) is 19.3. The van der Waals surface area contributed by atoms with E-state index in [-0.39, 0.29) is 29.9 Å². The molecule has 3 aliphatic rings. The molecule has 1 aromatic rings. The van der Waals surface area contributed by atoms with E-state index >= 15 is 0 Å². The number of anilines is 1. The van der Waals surface area contributed by atoms with Crippen molar-refractivity contribution in [3.63, 3.8) is 0 Å². The summed E-state index contributed by atoms with van der Waals surface area (Å²) >= 11 is 6.40. The van der Waals surface area contributed by atoms with E-state index in [2.05, 4.69) is 22.0 Å². The van der Waals surface area contributed by atoms with Crippen LogP contribution in [0.3, 0.4) is 0 Å². The van der Waals surface area contributed by atoms with Crippen LogP contribution in [0.1, 0.15) is 63.0 Å². The minimum atomic E-state index is -0.247. The van der Waals surface area contributed by atoms with Gasteiger partial charge in [-0.05, 0) is 68.7 Å². The van der Waals surface area contributed by atoms with Crippen LogP contribution in [-0.2, 0) is 16.1 Å². The first-order chi connectivity index (χ1) is 15.3. The standard InChI is InChI=1S/C25H36ClN3O3/c1-16-14-28(7-8-29(16)25(32)19-5-3-4-6-19)15-20-12-21(26)13-23(17(20)2)27-24(31)11-18-9-22(30)10-18/h12-13,16,18-19,22,30H,3-11,14-15H2,1-2H3,(H,27,31). The molecular formula is C25H36ClN3O3. The van der Waals surface area contributed by atoms with Gasteiger partial charge in [0.25, 0.3) is 0 Å². The molecule has 3 fully saturated rings. The third kappa shape index (κ3) is 5.46. The number of aliphatic hydroxyl groups excluding tert-OH is 1. The summed E-state index contributed by atoms with van der Waals surface area (Å²) in [5, 5.41) is 13.1. The summed E-state index contributed by atoms with van der Waals surface area (Å²) < 4.78 is 0. The van der Waals surface area contributed by atoms with Gasteiger partial charge < -0.3 is 15.3 Å². The molecule has 4 rings (SSSR count). The number of hydrogen-bond acceptors (Lipinski definition) is 4. The zero-order valence-corrected chi connectivity index (χ0v) is 20.0. The van der Waals surface area contributed by atoms with E-state index in [1.165, 1.54) is 12.8 Å². The van der Waals surface area contributed by atoms with Gasteiger partial charge in [-0.2, -0.15) is 0 Å². The Morgan fingerprint density at radius 1 is 1.19 bits per heavy atom. The summed E-state index contributed by atoms with van der Waals surface area (Å²) in [6, 6.07) is 4.00. The molecule has 6 nitrogen and oxygen atoms in total. The van der Waals surface area contributed by atoms with Crippen LogP contribution in [0, 0.1) is 18.8 Å². The molecule has 1 saturated heterocycles. The van der Waals surface area contributed by atoms with Crippen molar-refractivity contribution in [2.45, 2.75) is 77.5 Å². The predicted molar refractivity (Wildman–Crippen MR) is 127 cm³/mol. The van der Waals surface area contributed by atoms with Gasteiger partial charge >= 0.3 is 0 Å². The van der Waals surface area contributed by atoms with Crippen molar-refractivity contribution in [3.8, 4) is 0 Å². The Labute approximate surface area is 196 Å². The fourth-order valence-electron chi connectivity index (χ4n) is 5.51. The van der Waals surface area contributed by atoms with Crippen LogP contribution >= 0.6 is 11.6 Å². The van der Waals surface area contributed by atoms with Gasteiger partial charge in [0.1, 0.15) is 0 Å². The lowest BCUT2D eigenvalue weighted by atomic mass is 9.80. The van der Waals surface area contributed by atoms with Crippen molar-refractivity contribution in [1.82, 2.24) is 9.80 Å².